The molecule has 0 radical (unpaired) electrons. The van der Waals surface area contributed by atoms with Crippen molar-refractivity contribution >= 4 is 5.57 Å². The van der Waals surface area contributed by atoms with Crippen molar-refractivity contribution in [2.24, 2.45) is 0 Å². The first kappa shape index (κ1) is 10.5. The molecule has 1 N–H and O–H groups in total. The summed E-state index contributed by atoms with van der Waals surface area (Å²) in [7, 11) is 1.67. The molecule has 1 aromatic carbocycles. The molecule has 0 saturated heterocycles. The van der Waals surface area contributed by atoms with E-state index in [1.807, 2.05) is 31.3 Å². The van der Waals surface area contributed by atoms with E-state index < -0.39 is 0 Å². The molecule has 0 aliphatic rings. The topological polar surface area (TPSA) is 37.9 Å². The molecule has 0 unspecified atom stereocenters. The Bertz CT molecular complexity index is 501. The molecule has 2 rings (SSSR count). The van der Waals surface area contributed by atoms with Gasteiger partial charge in [0.15, 0.2) is 0 Å². The molecule has 0 spiro atoms. The number of benzene rings is 1. The highest BCUT2D eigenvalue weighted by Crippen LogP contribution is 2.30. The number of nitrogens with one attached hydrogen (secondary N) is 1. The van der Waals surface area contributed by atoms with Gasteiger partial charge < -0.3 is 4.74 Å². The van der Waals surface area contributed by atoms with Crippen LogP contribution in [0.2, 0.25) is 0 Å². The lowest BCUT2D eigenvalue weighted by molar-refractivity contribution is 0.413. The average Bonchev–Trinajstić information content (AvgIpc) is 2.81. The lowest BCUT2D eigenvalue weighted by Crippen LogP contribution is -1.90. The first-order chi connectivity index (χ1) is 7.72. The van der Waals surface area contributed by atoms with E-state index in [2.05, 4.69) is 16.8 Å². The minimum atomic E-state index is 0.839. The second kappa shape index (κ2) is 4.23. The standard InChI is InChI=1S/C13H14N2O/c1-9(2)12-5-4-10(6-13(12)16-3)11-7-14-15-8-11/h4-8H,1H2,2-3H3,(H,14,15). The zero-order valence-corrected chi connectivity index (χ0v) is 9.45. The highest BCUT2D eigenvalue weighted by Gasteiger charge is 2.06. The number of rotatable bonds is 3. The molecule has 0 aliphatic heterocycles. The molecule has 0 amide bonds. The van der Waals surface area contributed by atoms with Gasteiger partial charge in [-0.1, -0.05) is 18.7 Å². The van der Waals surface area contributed by atoms with Gasteiger partial charge in [-0.05, 0) is 24.1 Å². The minimum Gasteiger partial charge on any atom is -0.496 e. The number of methoxy groups -OCH3 is 1. The smallest absolute Gasteiger partial charge is 0.126 e. The lowest BCUT2D eigenvalue weighted by Gasteiger charge is -2.09. The van der Waals surface area contributed by atoms with Gasteiger partial charge in [0.2, 0.25) is 0 Å². The second-order valence-electron chi connectivity index (χ2n) is 3.68. The number of ether oxygens (including phenoxy) is 1. The summed E-state index contributed by atoms with van der Waals surface area (Å²) in [6.07, 6.45) is 3.64. The van der Waals surface area contributed by atoms with Crippen LogP contribution in [-0.2, 0) is 0 Å². The highest BCUT2D eigenvalue weighted by molar-refractivity contribution is 5.73. The summed E-state index contributed by atoms with van der Waals surface area (Å²) in [5, 5.41) is 6.72. The molecule has 0 bridgehead atoms. The number of aromatic amines is 1. The van der Waals surface area contributed by atoms with E-state index in [4.69, 9.17) is 4.74 Å². The molecule has 3 nitrogen and oxygen atoms in total. The van der Waals surface area contributed by atoms with Crippen molar-refractivity contribution in [2.45, 2.75) is 6.92 Å². The van der Waals surface area contributed by atoms with Crippen LogP contribution >= 0.6 is 0 Å². The summed E-state index contributed by atoms with van der Waals surface area (Å²) >= 11 is 0. The van der Waals surface area contributed by atoms with Crippen molar-refractivity contribution in [3.8, 4) is 16.9 Å². The van der Waals surface area contributed by atoms with Crippen molar-refractivity contribution in [1.29, 1.82) is 0 Å². The van der Waals surface area contributed by atoms with Crippen LogP contribution in [0.4, 0.5) is 0 Å². The third-order valence-electron chi connectivity index (χ3n) is 2.49. The fraction of sp³-hybridized carbons (Fsp3) is 0.154. The van der Waals surface area contributed by atoms with E-state index in [0.29, 0.717) is 0 Å². The van der Waals surface area contributed by atoms with Gasteiger partial charge in [-0.15, -0.1) is 0 Å². The predicted octanol–water partition coefficient (Wildman–Crippen LogP) is 3.12. The Morgan fingerprint density at radius 2 is 2.19 bits per heavy atom. The van der Waals surface area contributed by atoms with Crippen LogP contribution in [0.5, 0.6) is 5.75 Å². The van der Waals surface area contributed by atoms with Crippen molar-refractivity contribution in [3.63, 3.8) is 0 Å². The molecule has 1 aromatic heterocycles. The van der Waals surface area contributed by atoms with E-state index in [9.17, 15) is 0 Å². The van der Waals surface area contributed by atoms with E-state index in [1.54, 1.807) is 13.3 Å². The number of hydrogen-bond acceptors (Lipinski definition) is 2. The summed E-state index contributed by atoms with van der Waals surface area (Å²) in [6, 6.07) is 6.05. The molecule has 1 heterocycles. The fourth-order valence-corrected chi connectivity index (χ4v) is 1.63. The van der Waals surface area contributed by atoms with Crippen LogP contribution in [0.15, 0.2) is 37.2 Å². The zero-order chi connectivity index (χ0) is 11.5. The SMILES string of the molecule is C=C(C)c1ccc(-c2cn[nH]c2)cc1OC. The van der Waals surface area contributed by atoms with E-state index >= 15 is 0 Å². The van der Waals surface area contributed by atoms with Gasteiger partial charge in [-0.3, -0.25) is 5.10 Å². The van der Waals surface area contributed by atoms with Gasteiger partial charge in [0.25, 0.3) is 0 Å². The first-order valence-corrected chi connectivity index (χ1v) is 5.05. The maximum Gasteiger partial charge on any atom is 0.126 e. The first-order valence-electron chi connectivity index (χ1n) is 5.05. The summed E-state index contributed by atoms with van der Waals surface area (Å²) in [5.74, 6) is 0.839. The molecular weight excluding hydrogens is 200 g/mol. The highest BCUT2D eigenvalue weighted by atomic mass is 16.5. The number of H-pyrrole nitrogens is 1. The Hall–Kier alpha value is -2.03. The van der Waals surface area contributed by atoms with Crippen molar-refractivity contribution < 1.29 is 4.74 Å². The quantitative estimate of drug-likeness (QED) is 0.852. The molecule has 0 aliphatic carbocycles. The molecule has 0 fully saturated rings. The van der Waals surface area contributed by atoms with Crippen LogP contribution in [-0.4, -0.2) is 17.3 Å². The third kappa shape index (κ3) is 1.84. The maximum atomic E-state index is 5.35. The van der Waals surface area contributed by atoms with E-state index in [1.165, 1.54) is 0 Å². The third-order valence-corrected chi connectivity index (χ3v) is 2.49. The van der Waals surface area contributed by atoms with Crippen LogP contribution < -0.4 is 4.74 Å². The minimum absolute atomic E-state index is 0.839. The zero-order valence-electron chi connectivity index (χ0n) is 9.45. The van der Waals surface area contributed by atoms with Crippen molar-refractivity contribution in [3.05, 3.63) is 42.7 Å². The summed E-state index contributed by atoms with van der Waals surface area (Å²) in [5.41, 5.74) is 4.16. The molecule has 16 heavy (non-hydrogen) atoms. The van der Waals surface area contributed by atoms with E-state index in [-0.39, 0.29) is 0 Å². The van der Waals surface area contributed by atoms with Gasteiger partial charge in [-0.2, -0.15) is 5.10 Å². The lowest BCUT2D eigenvalue weighted by atomic mass is 10.0. The van der Waals surface area contributed by atoms with Crippen LogP contribution in [0.3, 0.4) is 0 Å². The summed E-state index contributed by atoms with van der Waals surface area (Å²) in [4.78, 5) is 0. The molecule has 82 valence electrons. The maximum absolute atomic E-state index is 5.35. The number of nitrogens with zero attached hydrogens (tertiary/aromatic N) is 1. The molecule has 0 atom stereocenters. The van der Waals surface area contributed by atoms with Gasteiger partial charge >= 0.3 is 0 Å². The molecule has 3 heteroatoms. The monoisotopic (exact) mass is 214 g/mol. The summed E-state index contributed by atoms with van der Waals surface area (Å²) < 4.78 is 5.35. The second-order valence-corrected chi connectivity index (χ2v) is 3.68. The van der Waals surface area contributed by atoms with Gasteiger partial charge in [0.05, 0.1) is 13.3 Å². The van der Waals surface area contributed by atoms with Gasteiger partial charge in [-0.25, -0.2) is 0 Å². The molecule has 2 aromatic rings. The Kier molecular flexibility index (Phi) is 2.77. The summed E-state index contributed by atoms with van der Waals surface area (Å²) in [6.45, 7) is 5.90. The van der Waals surface area contributed by atoms with Crippen molar-refractivity contribution in [1.82, 2.24) is 10.2 Å². The van der Waals surface area contributed by atoms with Crippen molar-refractivity contribution in [2.75, 3.05) is 7.11 Å². The molecule has 0 saturated carbocycles. The van der Waals surface area contributed by atoms with E-state index in [0.717, 1.165) is 28.0 Å². The Morgan fingerprint density at radius 3 is 2.75 bits per heavy atom. The van der Waals surface area contributed by atoms with Crippen LogP contribution in [0.25, 0.3) is 16.7 Å². The largest absolute Gasteiger partial charge is 0.496 e. The Labute approximate surface area is 94.8 Å². The number of allylic oxidation sites excluding steroid dienone is 1. The fourth-order valence-electron chi connectivity index (χ4n) is 1.63. The average molecular weight is 214 g/mol. The normalized spacial score (nSPS) is 10.1. The number of hydrogen-bond donors (Lipinski definition) is 1. The van der Waals surface area contributed by atoms with Crippen LogP contribution in [0.1, 0.15) is 12.5 Å². The Morgan fingerprint density at radius 1 is 1.38 bits per heavy atom. The van der Waals surface area contributed by atoms with Gasteiger partial charge in [0, 0.05) is 17.3 Å². The molecular formula is C13H14N2O. The van der Waals surface area contributed by atoms with Crippen LogP contribution in [0, 0.1) is 0 Å². The number of aromatic nitrogens is 2. The van der Waals surface area contributed by atoms with Gasteiger partial charge in [0.1, 0.15) is 5.75 Å². The predicted molar refractivity (Wildman–Crippen MR) is 65.3 cm³/mol. The Balaban J connectivity index is 2.49.